The number of hydrogen-bond acceptors (Lipinski definition) is 2. The predicted octanol–water partition coefficient (Wildman–Crippen LogP) is 2.70. The zero-order valence-corrected chi connectivity index (χ0v) is 12.9. The van der Waals surface area contributed by atoms with E-state index >= 15 is 0 Å². The highest BCUT2D eigenvalue weighted by Gasteiger charge is 2.30. The molecule has 1 aromatic carbocycles. The van der Waals surface area contributed by atoms with E-state index in [1.807, 2.05) is 18.7 Å². The molecule has 0 bridgehead atoms. The number of aryl methyl sites for hydroxylation is 1. The zero-order chi connectivity index (χ0) is 14.5. The molecule has 0 aliphatic heterocycles. The number of benzene rings is 1. The molecule has 1 aromatic rings. The van der Waals surface area contributed by atoms with Crippen LogP contribution in [-0.2, 0) is 4.79 Å². The Morgan fingerprint density at radius 1 is 1.30 bits per heavy atom. The smallest absolute Gasteiger partial charge is 0.236 e. The van der Waals surface area contributed by atoms with Crippen LogP contribution in [0.3, 0.4) is 0 Å². The first-order chi connectivity index (χ1) is 9.63. The van der Waals surface area contributed by atoms with Crippen molar-refractivity contribution in [3.05, 3.63) is 35.4 Å². The summed E-state index contributed by atoms with van der Waals surface area (Å²) in [6, 6.07) is 9.27. The Bertz CT molecular complexity index is 448. The summed E-state index contributed by atoms with van der Waals surface area (Å²) in [5.74, 6) is 0.880. The normalized spacial score (nSPS) is 21.4. The molecule has 1 N–H and O–H groups in total. The van der Waals surface area contributed by atoms with Crippen molar-refractivity contribution in [2.45, 2.75) is 45.6 Å². The van der Waals surface area contributed by atoms with Crippen molar-refractivity contribution in [2.75, 3.05) is 19.6 Å². The molecule has 0 aromatic heterocycles. The summed E-state index contributed by atoms with van der Waals surface area (Å²) in [6.45, 7) is 8.27. The predicted molar refractivity (Wildman–Crippen MR) is 82.9 cm³/mol. The summed E-state index contributed by atoms with van der Waals surface area (Å²) >= 11 is 0. The second-order valence-corrected chi connectivity index (χ2v) is 5.73. The third kappa shape index (κ3) is 3.60. The van der Waals surface area contributed by atoms with E-state index in [4.69, 9.17) is 0 Å². The van der Waals surface area contributed by atoms with E-state index in [9.17, 15) is 4.79 Å². The molecule has 1 aliphatic rings. The Morgan fingerprint density at radius 2 is 2.00 bits per heavy atom. The molecule has 1 amide bonds. The maximum absolute atomic E-state index is 11.9. The number of amides is 1. The van der Waals surface area contributed by atoms with Crippen molar-refractivity contribution < 1.29 is 4.79 Å². The summed E-state index contributed by atoms with van der Waals surface area (Å²) in [6.07, 6.45) is 2.30. The average Bonchev–Trinajstić information content (AvgIpc) is 2.38. The van der Waals surface area contributed by atoms with Crippen LogP contribution in [0.1, 0.15) is 43.7 Å². The summed E-state index contributed by atoms with van der Waals surface area (Å²) < 4.78 is 0. The Morgan fingerprint density at radius 3 is 2.60 bits per heavy atom. The van der Waals surface area contributed by atoms with Crippen LogP contribution in [0.2, 0.25) is 0 Å². The summed E-state index contributed by atoms with van der Waals surface area (Å²) in [4.78, 5) is 13.8. The lowest BCUT2D eigenvalue weighted by molar-refractivity contribution is -0.130. The summed E-state index contributed by atoms with van der Waals surface area (Å²) in [5, 5.41) is 3.39. The number of nitrogens with zero attached hydrogens (tertiary/aromatic N) is 1. The summed E-state index contributed by atoms with van der Waals surface area (Å²) in [7, 11) is 0. The number of carbonyl (C=O) groups is 1. The van der Waals surface area contributed by atoms with Crippen LogP contribution < -0.4 is 5.32 Å². The van der Waals surface area contributed by atoms with E-state index in [0.29, 0.717) is 18.5 Å². The third-order valence-electron chi connectivity index (χ3n) is 4.31. The van der Waals surface area contributed by atoms with E-state index in [0.717, 1.165) is 25.9 Å². The summed E-state index contributed by atoms with van der Waals surface area (Å²) in [5.41, 5.74) is 2.77. The van der Waals surface area contributed by atoms with Crippen LogP contribution in [0.25, 0.3) is 0 Å². The highest BCUT2D eigenvalue weighted by Crippen LogP contribution is 2.36. The van der Waals surface area contributed by atoms with Gasteiger partial charge in [-0.25, -0.2) is 0 Å². The third-order valence-corrected chi connectivity index (χ3v) is 4.31. The molecule has 0 saturated heterocycles. The molecule has 3 nitrogen and oxygen atoms in total. The van der Waals surface area contributed by atoms with Crippen molar-refractivity contribution in [1.29, 1.82) is 0 Å². The molecule has 0 atom stereocenters. The molecule has 20 heavy (non-hydrogen) atoms. The van der Waals surface area contributed by atoms with Crippen LogP contribution >= 0.6 is 0 Å². The fraction of sp³-hybridized carbons (Fsp3) is 0.588. The Balaban J connectivity index is 1.73. The van der Waals surface area contributed by atoms with E-state index < -0.39 is 0 Å². The van der Waals surface area contributed by atoms with Crippen molar-refractivity contribution in [2.24, 2.45) is 0 Å². The Kier molecular flexibility index (Phi) is 5.18. The van der Waals surface area contributed by atoms with Crippen molar-refractivity contribution in [3.8, 4) is 0 Å². The quantitative estimate of drug-likeness (QED) is 0.865. The van der Waals surface area contributed by atoms with Crippen LogP contribution in [0.5, 0.6) is 0 Å². The first-order valence-electron chi connectivity index (χ1n) is 7.71. The Labute approximate surface area is 122 Å². The highest BCUT2D eigenvalue weighted by atomic mass is 16.2. The SMILES string of the molecule is CCN(CC)C(=O)CNC1CC(c2cccc(C)c2)C1. The van der Waals surface area contributed by atoms with Gasteiger partial charge in [-0.2, -0.15) is 0 Å². The standard InChI is InChI=1S/C17H26N2O/c1-4-19(5-2)17(20)12-18-16-10-15(11-16)14-8-6-7-13(3)9-14/h6-9,15-16,18H,4-5,10-12H2,1-3H3. The van der Waals surface area contributed by atoms with Gasteiger partial charge in [0.05, 0.1) is 6.54 Å². The lowest BCUT2D eigenvalue weighted by Gasteiger charge is -2.36. The molecule has 0 heterocycles. The monoisotopic (exact) mass is 274 g/mol. The molecule has 1 fully saturated rings. The van der Waals surface area contributed by atoms with Crippen LogP contribution in [-0.4, -0.2) is 36.5 Å². The molecule has 1 aliphatic carbocycles. The minimum absolute atomic E-state index is 0.217. The number of likely N-dealkylation sites (N-methyl/N-ethyl adjacent to an activating group) is 1. The van der Waals surface area contributed by atoms with Gasteiger partial charge in [0.15, 0.2) is 0 Å². The molecule has 0 unspecified atom stereocenters. The second-order valence-electron chi connectivity index (χ2n) is 5.73. The second kappa shape index (κ2) is 6.89. The molecule has 0 radical (unpaired) electrons. The average molecular weight is 274 g/mol. The van der Waals surface area contributed by atoms with E-state index in [-0.39, 0.29) is 5.91 Å². The first-order valence-corrected chi connectivity index (χ1v) is 7.71. The van der Waals surface area contributed by atoms with Crippen molar-refractivity contribution in [1.82, 2.24) is 10.2 Å². The van der Waals surface area contributed by atoms with Gasteiger partial charge in [-0.1, -0.05) is 29.8 Å². The highest BCUT2D eigenvalue weighted by molar-refractivity contribution is 5.78. The molecule has 0 spiro atoms. The van der Waals surface area contributed by atoms with Crippen LogP contribution in [0.15, 0.2) is 24.3 Å². The number of nitrogens with one attached hydrogen (secondary N) is 1. The molecule has 2 rings (SSSR count). The lowest BCUT2D eigenvalue weighted by Crippen LogP contribution is -2.46. The fourth-order valence-electron chi connectivity index (χ4n) is 2.90. The number of rotatable bonds is 6. The largest absolute Gasteiger partial charge is 0.342 e. The maximum Gasteiger partial charge on any atom is 0.236 e. The molecule has 110 valence electrons. The van der Waals surface area contributed by atoms with Gasteiger partial charge in [0, 0.05) is 19.1 Å². The van der Waals surface area contributed by atoms with Crippen LogP contribution in [0.4, 0.5) is 0 Å². The van der Waals surface area contributed by atoms with E-state index in [2.05, 4.69) is 36.5 Å². The lowest BCUT2D eigenvalue weighted by atomic mass is 9.75. The molecular weight excluding hydrogens is 248 g/mol. The minimum atomic E-state index is 0.217. The van der Waals surface area contributed by atoms with Gasteiger partial charge in [0.1, 0.15) is 0 Å². The molecule has 3 heteroatoms. The van der Waals surface area contributed by atoms with Crippen molar-refractivity contribution >= 4 is 5.91 Å². The van der Waals surface area contributed by atoms with E-state index in [1.54, 1.807) is 0 Å². The molecular formula is C17H26N2O. The van der Waals surface area contributed by atoms with E-state index in [1.165, 1.54) is 11.1 Å². The topological polar surface area (TPSA) is 32.3 Å². The van der Waals surface area contributed by atoms with Gasteiger partial charge in [-0.15, -0.1) is 0 Å². The molecule has 1 saturated carbocycles. The zero-order valence-electron chi connectivity index (χ0n) is 12.9. The fourth-order valence-corrected chi connectivity index (χ4v) is 2.90. The van der Waals surface area contributed by atoms with Crippen molar-refractivity contribution in [3.63, 3.8) is 0 Å². The number of hydrogen-bond donors (Lipinski definition) is 1. The van der Waals surface area contributed by atoms with Gasteiger partial charge in [0.25, 0.3) is 0 Å². The van der Waals surface area contributed by atoms with Crippen LogP contribution in [0, 0.1) is 6.92 Å². The van der Waals surface area contributed by atoms with Gasteiger partial charge < -0.3 is 10.2 Å². The first kappa shape index (κ1) is 15.0. The van der Waals surface area contributed by atoms with Gasteiger partial charge >= 0.3 is 0 Å². The number of carbonyl (C=O) groups excluding carboxylic acids is 1. The van der Waals surface area contributed by atoms with Gasteiger partial charge in [-0.3, -0.25) is 4.79 Å². The van der Waals surface area contributed by atoms with Gasteiger partial charge in [-0.05, 0) is 45.1 Å². The maximum atomic E-state index is 11.9. The van der Waals surface area contributed by atoms with Gasteiger partial charge in [0.2, 0.25) is 5.91 Å². The minimum Gasteiger partial charge on any atom is -0.342 e. The Hall–Kier alpha value is -1.35.